The van der Waals surface area contributed by atoms with Crippen molar-refractivity contribution in [2.24, 2.45) is 11.8 Å². The Labute approximate surface area is 228 Å². The average Bonchev–Trinajstić information content (AvgIpc) is 3.32. The van der Waals surface area contributed by atoms with Crippen molar-refractivity contribution in [2.45, 2.75) is 96.8 Å². The summed E-state index contributed by atoms with van der Waals surface area (Å²) in [5, 5.41) is 0.926. The Bertz CT molecular complexity index is 1380. The Hall–Kier alpha value is -2.45. The number of fused-ring (bicyclic) bond motifs is 5. The number of amides is 2. The van der Waals surface area contributed by atoms with E-state index >= 15 is 4.57 Å². The molecule has 0 aliphatic carbocycles. The predicted molar refractivity (Wildman–Crippen MR) is 157 cm³/mol. The molecule has 0 aromatic heterocycles. The molecule has 38 heavy (non-hydrogen) atoms. The number of allylic oxidation sites excluding steroid dienone is 2. The lowest BCUT2D eigenvalue weighted by Gasteiger charge is -2.37. The molecular formula is C33H42NO3P. The number of para-hydroxylation sites is 1. The summed E-state index contributed by atoms with van der Waals surface area (Å²) in [5.74, 6) is -1.56. The van der Waals surface area contributed by atoms with Gasteiger partial charge in [-0.1, -0.05) is 104 Å². The molecule has 2 saturated heterocycles. The van der Waals surface area contributed by atoms with Crippen LogP contribution in [0.4, 0.5) is 5.69 Å². The average molecular weight is 532 g/mol. The lowest BCUT2D eigenvalue weighted by Crippen LogP contribution is -2.38. The van der Waals surface area contributed by atoms with Crippen molar-refractivity contribution in [3.05, 3.63) is 70.8 Å². The summed E-state index contributed by atoms with van der Waals surface area (Å²) < 4.78 is 15.8. The smallest absolute Gasteiger partial charge is 0.238 e. The minimum absolute atomic E-state index is 0.0749. The van der Waals surface area contributed by atoms with Crippen LogP contribution < -0.4 is 10.2 Å². The number of carbonyl (C=O) groups excluding carboxylic acids is 2. The summed E-state index contributed by atoms with van der Waals surface area (Å²) in [6.07, 6.45) is 2.07. The molecule has 3 heterocycles. The number of nitrogens with zero attached hydrogens (tertiary/aromatic N) is 1. The monoisotopic (exact) mass is 531 g/mol. The highest BCUT2D eigenvalue weighted by molar-refractivity contribution is 7.74. The number of hydrogen-bond acceptors (Lipinski definition) is 3. The van der Waals surface area contributed by atoms with E-state index in [0.29, 0.717) is 5.69 Å². The molecule has 2 aromatic carbocycles. The van der Waals surface area contributed by atoms with E-state index in [1.54, 1.807) is 12.1 Å². The molecule has 2 aromatic rings. The van der Waals surface area contributed by atoms with Crippen LogP contribution in [0, 0.1) is 11.8 Å². The highest BCUT2D eigenvalue weighted by atomic mass is 31.2. The second-order valence-corrected chi connectivity index (χ2v) is 17.6. The second-order valence-electron chi connectivity index (χ2n) is 14.6. The topological polar surface area (TPSA) is 54.5 Å². The molecule has 2 amide bonds. The summed E-state index contributed by atoms with van der Waals surface area (Å²) >= 11 is 0. The van der Waals surface area contributed by atoms with Crippen LogP contribution in [0.5, 0.6) is 0 Å². The van der Waals surface area contributed by atoms with Gasteiger partial charge in [0, 0.05) is 11.0 Å². The lowest BCUT2D eigenvalue weighted by atomic mass is 9.75. The molecular weight excluding hydrogens is 489 g/mol. The van der Waals surface area contributed by atoms with E-state index < -0.39 is 30.3 Å². The minimum Gasteiger partial charge on any atom is -0.317 e. The van der Waals surface area contributed by atoms with Gasteiger partial charge in [-0.3, -0.25) is 9.59 Å². The van der Waals surface area contributed by atoms with Gasteiger partial charge in [-0.25, -0.2) is 4.90 Å². The van der Waals surface area contributed by atoms with Gasteiger partial charge >= 0.3 is 0 Å². The zero-order chi connectivity index (χ0) is 28.2. The Morgan fingerprint density at radius 3 is 1.71 bits per heavy atom. The van der Waals surface area contributed by atoms with Gasteiger partial charge < -0.3 is 4.57 Å². The third-order valence-corrected chi connectivity index (χ3v) is 12.9. The molecule has 3 aliphatic rings. The molecule has 0 N–H and O–H groups in total. The first-order valence-corrected chi connectivity index (χ1v) is 15.7. The molecule has 0 radical (unpaired) electrons. The van der Waals surface area contributed by atoms with Gasteiger partial charge in [-0.2, -0.15) is 0 Å². The number of anilines is 1. The van der Waals surface area contributed by atoms with Crippen molar-refractivity contribution < 1.29 is 14.2 Å². The fourth-order valence-corrected chi connectivity index (χ4v) is 12.2. The van der Waals surface area contributed by atoms with Gasteiger partial charge in [0.15, 0.2) is 0 Å². The lowest BCUT2D eigenvalue weighted by molar-refractivity contribution is -0.122. The van der Waals surface area contributed by atoms with Crippen LogP contribution in [0.1, 0.15) is 85.9 Å². The Kier molecular flexibility index (Phi) is 5.91. The molecule has 3 aliphatic heterocycles. The maximum atomic E-state index is 15.8. The molecule has 5 atom stereocenters. The first-order valence-electron chi connectivity index (χ1n) is 13.8. The fraction of sp³-hybridized carbons (Fsp3) is 0.515. The van der Waals surface area contributed by atoms with Crippen LogP contribution >= 0.6 is 7.14 Å². The summed E-state index contributed by atoms with van der Waals surface area (Å²) in [6.45, 7) is 21.8. The molecule has 5 rings (SSSR count). The van der Waals surface area contributed by atoms with E-state index in [4.69, 9.17) is 0 Å². The fourth-order valence-electron chi connectivity index (χ4n) is 6.94. The number of rotatable bonds is 2. The van der Waals surface area contributed by atoms with Crippen molar-refractivity contribution >= 4 is 29.9 Å². The maximum absolute atomic E-state index is 15.8. The summed E-state index contributed by atoms with van der Waals surface area (Å²) in [5.41, 5.74) is 3.52. The van der Waals surface area contributed by atoms with E-state index in [9.17, 15) is 9.59 Å². The molecule has 5 heteroatoms. The van der Waals surface area contributed by atoms with Crippen LogP contribution in [0.25, 0.3) is 0 Å². The molecule has 0 spiro atoms. The summed E-state index contributed by atoms with van der Waals surface area (Å²) in [4.78, 5) is 29.2. The summed E-state index contributed by atoms with van der Waals surface area (Å²) in [7, 11) is -3.22. The van der Waals surface area contributed by atoms with Gasteiger partial charge in [-0.15, -0.1) is 0 Å². The van der Waals surface area contributed by atoms with Gasteiger partial charge in [-0.05, 0) is 52.0 Å². The Morgan fingerprint density at radius 1 is 0.737 bits per heavy atom. The quantitative estimate of drug-likeness (QED) is 0.236. The zero-order valence-corrected chi connectivity index (χ0v) is 25.4. The summed E-state index contributed by atoms with van der Waals surface area (Å²) in [6, 6.07) is 13.7. The van der Waals surface area contributed by atoms with Gasteiger partial charge in [0.2, 0.25) is 11.8 Å². The minimum atomic E-state index is -3.22. The second kappa shape index (κ2) is 8.28. The van der Waals surface area contributed by atoms with Crippen molar-refractivity contribution in [2.75, 3.05) is 4.90 Å². The van der Waals surface area contributed by atoms with Gasteiger partial charge in [0.05, 0.1) is 23.2 Å². The van der Waals surface area contributed by atoms with Crippen LogP contribution in [0.3, 0.4) is 0 Å². The number of benzene rings is 2. The molecule has 2 fully saturated rings. The van der Waals surface area contributed by atoms with E-state index in [0.717, 1.165) is 22.0 Å². The molecule has 1 unspecified atom stereocenters. The van der Waals surface area contributed by atoms with Crippen LogP contribution in [-0.4, -0.2) is 23.1 Å². The molecule has 4 nitrogen and oxygen atoms in total. The number of imide groups is 1. The Balaban J connectivity index is 1.77. The van der Waals surface area contributed by atoms with Crippen LogP contribution in [0.15, 0.2) is 54.1 Å². The van der Waals surface area contributed by atoms with Crippen molar-refractivity contribution in [3.63, 3.8) is 0 Å². The van der Waals surface area contributed by atoms with Crippen molar-refractivity contribution in [1.82, 2.24) is 0 Å². The number of hydrogen-bond donors (Lipinski definition) is 0. The van der Waals surface area contributed by atoms with E-state index in [1.165, 1.54) is 10.5 Å². The first kappa shape index (κ1) is 27.1. The molecule has 0 saturated carbocycles. The Morgan fingerprint density at radius 2 is 1.24 bits per heavy atom. The van der Waals surface area contributed by atoms with Crippen LogP contribution in [-0.2, 0) is 30.4 Å². The number of carbonyl (C=O) groups is 2. The normalized spacial score (nSPS) is 29.2. The molecule has 2 bridgehead atoms. The largest absolute Gasteiger partial charge is 0.317 e. The zero-order valence-electron chi connectivity index (χ0n) is 24.5. The SMILES string of the molecule is CC1=C[C@H]2[C@H]3C(=O)N(c4ccccc4)C(=O)[C@H]3[C@@H]1P2(=O)c1c(C(C)(C)C)cc(C(C)(C)C)cc1C(C)(C)C. The van der Waals surface area contributed by atoms with Crippen LogP contribution in [0.2, 0.25) is 0 Å². The van der Waals surface area contributed by atoms with Gasteiger partial charge in [0.25, 0.3) is 0 Å². The first-order chi connectivity index (χ1) is 17.4. The third-order valence-electron chi connectivity index (χ3n) is 8.82. The molecule has 202 valence electrons. The van der Waals surface area contributed by atoms with Gasteiger partial charge in [0.1, 0.15) is 7.14 Å². The van der Waals surface area contributed by atoms with E-state index in [2.05, 4.69) is 80.5 Å². The van der Waals surface area contributed by atoms with E-state index in [1.807, 2.05) is 25.1 Å². The maximum Gasteiger partial charge on any atom is 0.238 e. The van der Waals surface area contributed by atoms with E-state index in [-0.39, 0.29) is 28.1 Å². The highest BCUT2D eigenvalue weighted by Gasteiger charge is 2.71. The van der Waals surface area contributed by atoms with Crippen molar-refractivity contribution in [3.8, 4) is 0 Å². The van der Waals surface area contributed by atoms with Crippen molar-refractivity contribution in [1.29, 1.82) is 0 Å². The predicted octanol–water partition coefficient (Wildman–Crippen LogP) is 7.08. The highest BCUT2D eigenvalue weighted by Crippen LogP contribution is 2.75. The standard InChI is InChI=1S/C33H42NO3P/c1-19-16-24-25-26(30(36)34(29(25)35)21-14-12-11-13-15-21)27(19)38(24,37)28-22(32(5,6)7)17-20(31(2,3)4)18-23(28)33(8,9)10/h11-18,24-27H,1-10H3/t24-,25+,26+,27+,38?/m0/s1. The third kappa shape index (κ3) is 3.74.